The summed E-state index contributed by atoms with van der Waals surface area (Å²) in [6.45, 7) is 0. The van der Waals surface area contributed by atoms with E-state index in [9.17, 15) is 9.59 Å². The Bertz CT molecular complexity index is 547. The van der Waals surface area contributed by atoms with Crippen molar-refractivity contribution in [2.24, 2.45) is 11.3 Å². The lowest BCUT2D eigenvalue weighted by Gasteiger charge is -2.31. The first-order valence-electron chi connectivity index (χ1n) is 6.88. The monoisotopic (exact) mass is 274 g/mol. The van der Waals surface area contributed by atoms with Crippen LogP contribution >= 0.6 is 0 Å². The summed E-state index contributed by atoms with van der Waals surface area (Å²) in [5, 5.41) is 0. The Kier molecular flexibility index (Phi) is 3.04. The maximum absolute atomic E-state index is 12.4. The van der Waals surface area contributed by atoms with Crippen LogP contribution in [0.3, 0.4) is 0 Å². The summed E-state index contributed by atoms with van der Waals surface area (Å²) in [6, 6.07) is 8.06. The summed E-state index contributed by atoms with van der Waals surface area (Å²) in [5.74, 6) is -0.715. The maximum Gasteiger partial charge on any atom is 0.323 e. The van der Waals surface area contributed by atoms with E-state index in [1.807, 2.05) is 18.2 Å². The lowest BCUT2D eigenvalue weighted by atomic mass is 9.73. The number of methoxy groups -OCH3 is 2. The Hall–Kier alpha value is -1.84. The van der Waals surface area contributed by atoms with Crippen LogP contribution in [0.1, 0.15) is 29.9 Å². The molecule has 2 aliphatic carbocycles. The first-order chi connectivity index (χ1) is 9.63. The Balaban J connectivity index is 2.14. The molecule has 2 aliphatic rings. The third-order valence-corrected chi connectivity index (χ3v) is 4.81. The Labute approximate surface area is 118 Å². The summed E-state index contributed by atoms with van der Waals surface area (Å²) >= 11 is 0. The van der Waals surface area contributed by atoms with Gasteiger partial charge in [-0.25, -0.2) is 0 Å². The minimum atomic E-state index is -1.17. The minimum Gasteiger partial charge on any atom is -0.468 e. The number of ether oxygens (including phenoxy) is 2. The van der Waals surface area contributed by atoms with Crippen LogP contribution < -0.4 is 0 Å². The second-order valence-corrected chi connectivity index (χ2v) is 5.72. The van der Waals surface area contributed by atoms with E-state index in [2.05, 4.69) is 6.07 Å². The van der Waals surface area contributed by atoms with Crippen LogP contribution in [-0.2, 0) is 25.5 Å². The molecule has 1 saturated carbocycles. The molecular weight excluding hydrogens is 256 g/mol. The van der Waals surface area contributed by atoms with Gasteiger partial charge in [-0.3, -0.25) is 9.59 Å². The first kappa shape index (κ1) is 13.2. The molecule has 0 N–H and O–H groups in total. The Morgan fingerprint density at radius 3 is 2.45 bits per heavy atom. The third kappa shape index (κ3) is 1.60. The van der Waals surface area contributed by atoms with Gasteiger partial charge in [-0.15, -0.1) is 0 Å². The molecule has 0 radical (unpaired) electrons. The number of hydrogen-bond donors (Lipinski definition) is 0. The minimum absolute atomic E-state index is 0.127. The van der Waals surface area contributed by atoms with Gasteiger partial charge in [0.2, 0.25) is 0 Å². The molecule has 0 aliphatic heterocycles. The Morgan fingerprint density at radius 1 is 1.15 bits per heavy atom. The molecule has 3 rings (SSSR count). The van der Waals surface area contributed by atoms with Crippen LogP contribution in [-0.4, -0.2) is 26.2 Å². The highest BCUT2D eigenvalue weighted by Crippen LogP contribution is 2.57. The molecule has 1 aromatic carbocycles. The van der Waals surface area contributed by atoms with E-state index in [-0.39, 0.29) is 5.92 Å². The molecule has 20 heavy (non-hydrogen) atoms. The Morgan fingerprint density at radius 2 is 1.80 bits per heavy atom. The fourth-order valence-corrected chi connectivity index (χ4v) is 4.03. The van der Waals surface area contributed by atoms with Crippen LogP contribution in [0.25, 0.3) is 0 Å². The average molecular weight is 274 g/mol. The van der Waals surface area contributed by atoms with Crippen molar-refractivity contribution < 1.29 is 19.1 Å². The zero-order chi connectivity index (χ0) is 14.3. The van der Waals surface area contributed by atoms with E-state index in [4.69, 9.17) is 9.47 Å². The average Bonchev–Trinajstić information content (AvgIpc) is 2.80. The molecule has 0 amide bonds. The predicted molar refractivity (Wildman–Crippen MR) is 72.1 cm³/mol. The maximum atomic E-state index is 12.4. The number of carbonyl (C=O) groups is 2. The molecule has 2 atom stereocenters. The van der Waals surface area contributed by atoms with Crippen LogP contribution in [0.15, 0.2) is 24.3 Å². The second-order valence-electron chi connectivity index (χ2n) is 5.72. The summed E-state index contributed by atoms with van der Waals surface area (Å²) in [5.41, 5.74) is 1.17. The molecule has 2 bridgehead atoms. The van der Waals surface area contributed by atoms with Crippen LogP contribution in [0.4, 0.5) is 0 Å². The molecule has 0 spiro atoms. The zero-order valence-corrected chi connectivity index (χ0v) is 11.7. The standard InChI is InChI=1S/C16H18O4/c1-19-14(17)16(15(18)20-2)9-10-7-11-5-3-4-6-12(11)13(16)8-10/h3-6,10,13H,7-9H2,1-2H3/t10-,13-/m0/s1. The largest absolute Gasteiger partial charge is 0.468 e. The number of esters is 2. The molecule has 0 saturated heterocycles. The summed E-state index contributed by atoms with van der Waals surface area (Å²) in [6.07, 6.45) is 2.29. The summed E-state index contributed by atoms with van der Waals surface area (Å²) in [7, 11) is 2.67. The summed E-state index contributed by atoms with van der Waals surface area (Å²) < 4.78 is 9.89. The first-order valence-corrected chi connectivity index (χ1v) is 6.88. The fourth-order valence-electron chi connectivity index (χ4n) is 4.03. The topological polar surface area (TPSA) is 52.6 Å². The van der Waals surface area contributed by atoms with Crippen molar-refractivity contribution in [2.75, 3.05) is 14.2 Å². The molecule has 4 heteroatoms. The number of carbonyl (C=O) groups excluding carboxylic acids is 2. The number of fused-ring (bicyclic) bond motifs is 4. The number of benzene rings is 1. The van der Waals surface area contributed by atoms with E-state index in [0.717, 1.165) is 18.4 Å². The van der Waals surface area contributed by atoms with Gasteiger partial charge in [-0.05, 0) is 36.3 Å². The van der Waals surface area contributed by atoms with Gasteiger partial charge < -0.3 is 9.47 Å². The van der Waals surface area contributed by atoms with Crippen molar-refractivity contribution in [1.29, 1.82) is 0 Å². The van der Waals surface area contributed by atoms with Crippen molar-refractivity contribution >= 4 is 11.9 Å². The lowest BCUT2D eigenvalue weighted by molar-refractivity contribution is -0.170. The molecule has 106 valence electrons. The van der Waals surface area contributed by atoms with Crippen LogP contribution in [0, 0.1) is 11.3 Å². The van der Waals surface area contributed by atoms with Crippen molar-refractivity contribution in [2.45, 2.75) is 25.2 Å². The normalized spacial score (nSPS) is 25.7. The third-order valence-electron chi connectivity index (χ3n) is 4.81. The van der Waals surface area contributed by atoms with Crippen LogP contribution in [0.5, 0.6) is 0 Å². The van der Waals surface area contributed by atoms with Gasteiger partial charge >= 0.3 is 11.9 Å². The van der Waals surface area contributed by atoms with E-state index in [0.29, 0.717) is 12.3 Å². The van der Waals surface area contributed by atoms with Crippen molar-refractivity contribution in [3.05, 3.63) is 35.4 Å². The molecule has 1 aromatic rings. The van der Waals surface area contributed by atoms with E-state index >= 15 is 0 Å². The predicted octanol–water partition coefficient (Wildman–Crippen LogP) is 2.07. The van der Waals surface area contributed by atoms with Gasteiger partial charge in [0, 0.05) is 5.92 Å². The number of rotatable bonds is 2. The van der Waals surface area contributed by atoms with Crippen LogP contribution in [0.2, 0.25) is 0 Å². The number of hydrogen-bond acceptors (Lipinski definition) is 4. The van der Waals surface area contributed by atoms with Gasteiger partial charge in [0.1, 0.15) is 0 Å². The van der Waals surface area contributed by atoms with Gasteiger partial charge in [-0.1, -0.05) is 24.3 Å². The zero-order valence-electron chi connectivity index (χ0n) is 11.7. The fraction of sp³-hybridized carbons (Fsp3) is 0.500. The van der Waals surface area contributed by atoms with E-state index < -0.39 is 17.4 Å². The van der Waals surface area contributed by atoms with E-state index in [1.54, 1.807) is 0 Å². The molecule has 0 aromatic heterocycles. The van der Waals surface area contributed by atoms with Crippen molar-refractivity contribution in [3.8, 4) is 0 Å². The van der Waals surface area contributed by atoms with Crippen molar-refractivity contribution in [3.63, 3.8) is 0 Å². The van der Waals surface area contributed by atoms with Gasteiger partial charge in [0.15, 0.2) is 5.41 Å². The van der Waals surface area contributed by atoms with E-state index in [1.165, 1.54) is 19.8 Å². The summed E-state index contributed by atoms with van der Waals surface area (Å²) in [4.78, 5) is 24.7. The quantitative estimate of drug-likeness (QED) is 0.612. The highest BCUT2D eigenvalue weighted by Gasteiger charge is 2.62. The van der Waals surface area contributed by atoms with Gasteiger partial charge in [0.05, 0.1) is 14.2 Å². The second kappa shape index (κ2) is 4.62. The molecule has 0 heterocycles. The SMILES string of the molecule is COC(=O)C1(C(=O)OC)C[C@H]2Cc3ccccc3[C@@H]1C2. The molecule has 0 unspecified atom stereocenters. The highest BCUT2D eigenvalue weighted by molar-refractivity contribution is 6.02. The highest BCUT2D eigenvalue weighted by atomic mass is 16.5. The van der Waals surface area contributed by atoms with Gasteiger partial charge in [-0.2, -0.15) is 0 Å². The smallest absolute Gasteiger partial charge is 0.323 e. The molecule has 4 nitrogen and oxygen atoms in total. The lowest BCUT2D eigenvalue weighted by Crippen LogP contribution is -2.43. The molecular formula is C16H18O4. The van der Waals surface area contributed by atoms with Gasteiger partial charge in [0.25, 0.3) is 0 Å². The molecule has 1 fully saturated rings. The van der Waals surface area contributed by atoms with Crippen molar-refractivity contribution in [1.82, 2.24) is 0 Å².